The minimum atomic E-state index is -0.591. The first-order valence-corrected chi connectivity index (χ1v) is 8.14. The van der Waals surface area contributed by atoms with E-state index in [0.29, 0.717) is 16.5 Å². The van der Waals surface area contributed by atoms with Crippen LogP contribution in [0.1, 0.15) is 27.2 Å². The molecule has 1 amide bonds. The van der Waals surface area contributed by atoms with E-state index in [9.17, 15) is 9.59 Å². The molecule has 0 unspecified atom stereocenters. The minimum Gasteiger partial charge on any atom is -0.469 e. The highest BCUT2D eigenvalue weighted by Gasteiger charge is 2.16. The number of ether oxygens (including phenoxy) is 1. The van der Waals surface area contributed by atoms with E-state index in [1.165, 1.54) is 23.7 Å². The van der Waals surface area contributed by atoms with Gasteiger partial charge in [-0.3, -0.25) is 10.1 Å². The van der Waals surface area contributed by atoms with Crippen LogP contribution in [0.15, 0.2) is 28.9 Å². The second-order valence-electron chi connectivity index (χ2n) is 5.46. The van der Waals surface area contributed by atoms with Gasteiger partial charge >= 0.3 is 5.97 Å². The van der Waals surface area contributed by atoms with Gasteiger partial charge in [0.05, 0.1) is 16.5 Å². The van der Waals surface area contributed by atoms with Crippen LogP contribution in [0, 0.1) is 20.8 Å². The van der Waals surface area contributed by atoms with Crippen LogP contribution >= 0.6 is 11.3 Å². The number of rotatable bonds is 4. The molecule has 0 aliphatic heterocycles. The molecule has 2 aromatic heterocycles. The summed E-state index contributed by atoms with van der Waals surface area (Å²) < 4.78 is 11.0. The van der Waals surface area contributed by atoms with Crippen molar-refractivity contribution in [3.05, 3.63) is 46.9 Å². The highest BCUT2D eigenvalue weighted by Crippen LogP contribution is 2.29. The zero-order chi connectivity index (χ0) is 17.3. The van der Waals surface area contributed by atoms with Gasteiger partial charge in [-0.15, -0.1) is 0 Å². The van der Waals surface area contributed by atoms with Gasteiger partial charge in [-0.2, -0.15) is 0 Å². The van der Waals surface area contributed by atoms with Crippen molar-refractivity contribution in [2.24, 2.45) is 0 Å². The predicted molar refractivity (Wildman–Crippen MR) is 91.5 cm³/mol. The molecule has 1 N–H and O–H groups in total. The number of hydrogen-bond donors (Lipinski definition) is 1. The molecule has 0 saturated carbocycles. The molecule has 0 saturated heterocycles. The number of benzene rings is 1. The van der Waals surface area contributed by atoms with E-state index < -0.39 is 11.9 Å². The van der Waals surface area contributed by atoms with E-state index in [2.05, 4.69) is 10.3 Å². The Morgan fingerprint density at radius 2 is 2.08 bits per heavy atom. The molecule has 0 aliphatic rings. The summed E-state index contributed by atoms with van der Waals surface area (Å²) in [7, 11) is 0. The lowest BCUT2D eigenvalue weighted by Gasteiger charge is -2.03. The Hall–Kier alpha value is -2.67. The van der Waals surface area contributed by atoms with Crippen molar-refractivity contribution in [3.8, 4) is 0 Å². The first kappa shape index (κ1) is 16.2. The van der Waals surface area contributed by atoms with Gasteiger partial charge in [0.15, 0.2) is 11.7 Å². The zero-order valence-corrected chi connectivity index (χ0v) is 14.3. The summed E-state index contributed by atoms with van der Waals surface area (Å²) in [4.78, 5) is 28.2. The maximum atomic E-state index is 12.0. The molecule has 0 aliphatic carbocycles. The van der Waals surface area contributed by atoms with Gasteiger partial charge in [0.2, 0.25) is 0 Å². The second kappa shape index (κ2) is 6.45. The number of fused-ring (bicyclic) bond motifs is 1. The van der Waals surface area contributed by atoms with E-state index in [1.807, 2.05) is 26.0 Å². The maximum absolute atomic E-state index is 12.0. The van der Waals surface area contributed by atoms with Crippen LogP contribution < -0.4 is 5.32 Å². The number of amides is 1. The Balaban J connectivity index is 1.64. The summed E-state index contributed by atoms with van der Waals surface area (Å²) in [6.45, 7) is 5.27. The summed E-state index contributed by atoms with van der Waals surface area (Å²) >= 11 is 1.39. The Morgan fingerprint density at radius 3 is 2.79 bits per heavy atom. The van der Waals surface area contributed by atoms with Crippen molar-refractivity contribution >= 4 is 38.6 Å². The van der Waals surface area contributed by atoms with Crippen molar-refractivity contribution in [2.75, 3.05) is 11.9 Å². The van der Waals surface area contributed by atoms with Crippen molar-refractivity contribution in [3.63, 3.8) is 0 Å². The van der Waals surface area contributed by atoms with Gasteiger partial charge in [0.1, 0.15) is 11.3 Å². The molecule has 0 radical (unpaired) electrons. The topological polar surface area (TPSA) is 81.4 Å². The molecule has 24 heavy (non-hydrogen) atoms. The molecular weight excluding hydrogens is 328 g/mol. The van der Waals surface area contributed by atoms with Crippen molar-refractivity contribution < 1.29 is 18.7 Å². The van der Waals surface area contributed by atoms with Crippen LogP contribution in [0.25, 0.3) is 10.2 Å². The van der Waals surface area contributed by atoms with Crippen LogP contribution in [0.5, 0.6) is 0 Å². The number of nitrogens with zero attached hydrogens (tertiary/aromatic N) is 1. The Kier molecular flexibility index (Phi) is 4.35. The number of carbonyl (C=O) groups is 2. The third-order valence-corrected chi connectivity index (χ3v) is 4.41. The van der Waals surface area contributed by atoms with E-state index in [-0.39, 0.29) is 6.61 Å². The van der Waals surface area contributed by atoms with Gasteiger partial charge in [0, 0.05) is 0 Å². The number of anilines is 1. The van der Waals surface area contributed by atoms with Crippen LogP contribution in [0.2, 0.25) is 0 Å². The molecule has 0 atom stereocenters. The second-order valence-corrected chi connectivity index (χ2v) is 6.49. The van der Waals surface area contributed by atoms with Crippen LogP contribution in [0.4, 0.5) is 5.13 Å². The molecule has 7 heteroatoms. The van der Waals surface area contributed by atoms with Gasteiger partial charge in [-0.25, -0.2) is 9.78 Å². The van der Waals surface area contributed by atoms with Gasteiger partial charge in [0.25, 0.3) is 5.91 Å². The Morgan fingerprint density at radius 1 is 1.29 bits per heavy atom. The quantitative estimate of drug-likeness (QED) is 0.731. The standard InChI is InChI=1S/C17H16N2O4S/c1-9-6-10(2)15-13(7-9)24-17(19-15)18-14(20)8-23-16(21)12-4-5-22-11(12)3/h4-7H,8H2,1-3H3,(H,18,19,20). The SMILES string of the molecule is Cc1cc(C)c2nc(NC(=O)COC(=O)c3ccoc3C)sc2c1. The predicted octanol–water partition coefficient (Wildman–Crippen LogP) is 3.61. The lowest BCUT2D eigenvalue weighted by molar-refractivity contribution is -0.119. The molecule has 2 heterocycles. The Labute approximate surface area is 142 Å². The molecule has 0 fully saturated rings. The van der Waals surface area contributed by atoms with Crippen molar-refractivity contribution in [1.82, 2.24) is 4.98 Å². The van der Waals surface area contributed by atoms with Crippen molar-refractivity contribution in [2.45, 2.75) is 20.8 Å². The third-order valence-electron chi connectivity index (χ3n) is 3.49. The third kappa shape index (κ3) is 3.30. The summed E-state index contributed by atoms with van der Waals surface area (Å²) in [5.41, 5.74) is 3.38. The molecule has 6 nitrogen and oxygen atoms in total. The van der Waals surface area contributed by atoms with Crippen LogP contribution in [0.3, 0.4) is 0 Å². The highest BCUT2D eigenvalue weighted by atomic mass is 32.1. The molecular formula is C17H16N2O4S. The number of furan rings is 1. The number of esters is 1. The first-order chi connectivity index (χ1) is 11.4. The molecule has 1 aromatic carbocycles. The highest BCUT2D eigenvalue weighted by molar-refractivity contribution is 7.22. The minimum absolute atomic E-state index is 0.314. The van der Waals surface area contributed by atoms with E-state index in [1.54, 1.807) is 6.92 Å². The largest absolute Gasteiger partial charge is 0.469 e. The smallest absolute Gasteiger partial charge is 0.342 e. The lowest BCUT2D eigenvalue weighted by Crippen LogP contribution is -2.20. The number of thiazole rings is 1. The summed E-state index contributed by atoms with van der Waals surface area (Å²) in [6, 6.07) is 5.58. The fraction of sp³-hybridized carbons (Fsp3) is 0.235. The van der Waals surface area contributed by atoms with E-state index in [4.69, 9.17) is 9.15 Å². The van der Waals surface area contributed by atoms with Gasteiger partial charge in [-0.05, 0) is 44.0 Å². The van der Waals surface area contributed by atoms with E-state index >= 15 is 0 Å². The number of aromatic nitrogens is 1. The first-order valence-electron chi connectivity index (χ1n) is 7.33. The summed E-state index contributed by atoms with van der Waals surface area (Å²) in [6.07, 6.45) is 1.40. The molecule has 0 bridgehead atoms. The maximum Gasteiger partial charge on any atom is 0.342 e. The van der Waals surface area contributed by atoms with E-state index in [0.717, 1.165) is 21.3 Å². The van der Waals surface area contributed by atoms with Crippen LogP contribution in [-0.2, 0) is 9.53 Å². The molecule has 3 rings (SSSR count). The van der Waals surface area contributed by atoms with Crippen LogP contribution in [-0.4, -0.2) is 23.5 Å². The lowest BCUT2D eigenvalue weighted by atomic mass is 10.1. The summed E-state index contributed by atoms with van der Waals surface area (Å²) in [5, 5.41) is 3.15. The number of nitrogens with one attached hydrogen (secondary N) is 1. The average Bonchev–Trinajstić information content (AvgIpc) is 3.10. The number of aryl methyl sites for hydroxylation is 3. The average molecular weight is 344 g/mol. The monoisotopic (exact) mass is 344 g/mol. The fourth-order valence-electron chi connectivity index (χ4n) is 2.38. The normalized spacial score (nSPS) is 10.8. The fourth-order valence-corrected chi connectivity index (χ4v) is 3.44. The zero-order valence-electron chi connectivity index (χ0n) is 13.5. The number of carbonyl (C=O) groups excluding carboxylic acids is 2. The number of hydrogen-bond acceptors (Lipinski definition) is 6. The Bertz CT molecular complexity index is 926. The molecule has 124 valence electrons. The van der Waals surface area contributed by atoms with Gasteiger partial charge in [-0.1, -0.05) is 17.4 Å². The summed E-state index contributed by atoms with van der Waals surface area (Å²) in [5.74, 6) is -0.567. The van der Waals surface area contributed by atoms with Crippen molar-refractivity contribution in [1.29, 1.82) is 0 Å². The molecule has 3 aromatic rings. The van der Waals surface area contributed by atoms with Gasteiger partial charge < -0.3 is 9.15 Å². The molecule has 0 spiro atoms.